The summed E-state index contributed by atoms with van der Waals surface area (Å²) in [6.45, 7) is 6.22. The molecule has 6 nitrogen and oxygen atoms in total. The minimum absolute atomic E-state index is 0.264. The molecular weight excluding hydrogens is 314 g/mol. The number of carbonyl (C=O) groups is 1. The van der Waals surface area contributed by atoms with Crippen molar-refractivity contribution in [3.63, 3.8) is 0 Å². The standard InChI is InChI=1S/C19H25N5O/c1-14-21-18(16-7-4-8-20-19(16)22-14)15-6-5-11-24(12-15)17(25)13-23-9-2-3-10-23/h4,7-8,15H,2-3,5-6,9-13H2,1H3/t15-/m0/s1. The van der Waals surface area contributed by atoms with Crippen LogP contribution in [0.3, 0.4) is 0 Å². The zero-order valence-corrected chi connectivity index (χ0v) is 14.8. The zero-order chi connectivity index (χ0) is 17.2. The van der Waals surface area contributed by atoms with E-state index in [4.69, 9.17) is 4.98 Å². The molecule has 132 valence electrons. The van der Waals surface area contributed by atoms with Crippen molar-refractivity contribution in [1.82, 2.24) is 24.8 Å². The Kier molecular flexibility index (Phi) is 4.61. The molecule has 2 aliphatic rings. The molecule has 0 bridgehead atoms. The zero-order valence-electron chi connectivity index (χ0n) is 14.8. The molecule has 1 amide bonds. The molecule has 2 aliphatic heterocycles. The van der Waals surface area contributed by atoms with Gasteiger partial charge >= 0.3 is 0 Å². The molecule has 0 spiro atoms. The smallest absolute Gasteiger partial charge is 0.236 e. The Bertz CT molecular complexity index is 771. The third kappa shape index (κ3) is 3.49. The van der Waals surface area contributed by atoms with E-state index < -0.39 is 0 Å². The van der Waals surface area contributed by atoms with Crippen molar-refractivity contribution in [2.24, 2.45) is 0 Å². The second-order valence-electron chi connectivity index (χ2n) is 7.19. The molecule has 0 N–H and O–H groups in total. The van der Waals surface area contributed by atoms with Crippen LogP contribution in [-0.2, 0) is 4.79 Å². The topological polar surface area (TPSA) is 62.2 Å². The van der Waals surface area contributed by atoms with Crippen LogP contribution in [0, 0.1) is 6.92 Å². The van der Waals surface area contributed by atoms with Gasteiger partial charge in [0.15, 0.2) is 5.65 Å². The number of rotatable bonds is 3. The molecule has 0 radical (unpaired) electrons. The summed E-state index contributed by atoms with van der Waals surface area (Å²) in [5, 5.41) is 1.02. The second-order valence-corrected chi connectivity index (χ2v) is 7.19. The summed E-state index contributed by atoms with van der Waals surface area (Å²) in [5.41, 5.74) is 1.81. The third-order valence-electron chi connectivity index (χ3n) is 5.33. The first kappa shape index (κ1) is 16.4. The van der Waals surface area contributed by atoms with E-state index in [9.17, 15) is 4.79 Å². The molecule has 2 aromatic heterocycles. The number of nitrogens with zero attached hydrogens (tertiary/aromatic N) is 5. The van der Waals surface area contributed by atoms with Gasteiger partial charge in [-0.2, -0.15) is 0 Å². The molecule has 4 rings (SSSR count). The van der Waals surface area contributed by atoms with E-state index in [-0.39, 0.29) is 11.8 Å². The number of fused-ring (bicyclic) bond motifs is 1. The van der Waals surface area contributed by atoms with Crippen molar-refractivity contribution < 1.29 is 4.79 Å². The molecule has 1 atom stereocenters. The summed E-state index contributed by atoms with van der Waals surface area (Å²) in [4.78, 5) is 30.6. The summed E-state index contributed by atoms with van der Waals surface area (Å²) in [7, 11) is 0. The Balaban J connectivity index is 1.54. The molecule has 2 fully saturated rings. The van der Waals surface area contributed by atoms with Gasteiger partial charge in [-0.1, -0.05) is 0 Å². The predicted octanol–water partition coefficient (Wildman–Crippen LogP) is 2.14. The number of aromatic nitrogens is 3. The van der Waals surface area contributed by atoms with Crippen molar-refractivity contribution in [2.75, 3.05) is 32.7 Å². The number of pyridine rings is 1. The summed E-state index contributed by atoms with van der Waals surface area (Å²) in [5.74, 6) is 1.28. The second kappa shape index (κ2) is 7.04. The van der Waals surface area contributed by atoms with Crippen LogP contribution < -0.4 is 0 Å². The van der Waals surface area contributed by atoms with Crippen LogP contribution in [0.25, 0.3) is 11.0 Å². The van der Waals surface area contributed by atoms with Gasteiger partial charge in [0.05, 0.1) is 12.2 Å². The van der Waals surface area contributed by atoms with Gasteiger partial charge in [-0.3, -0.25) is 9.69 Å². The van der Waals surface area contributed by atoms with Crippen LogP contribution >= 0.6 is 0 Å². The Morgan fingerprint density at radius 3 is 2.88 bits per heavy atom. The molecule has 0 saturated carbocycles. The summed E-state index contributed by atoms with van der Waals surface area (Å²) < 4.78 is 0. The van der Waals surface area contributed by atoms with Crippen molar-refractivity contribution in [2.45, 2.75) is 38.5 Å². The number of hydrogen-bond acceptors (Lipinski definition) is 5. The van der Waals surface area contributed by atoms with E-state index in [1.54, 1.807) is 6.20 Å². The van der Waals surface area contributed by atoms with E-state index in [2.05, 4.69) is 14.9 Å². The van der Waals surface area contributed by atoms with Gasteiger partial charge in [0.1, 0.15) is 5.82 Å². The maximum atomic E-state index is 12.7. The minimum atomic E-state index is 0.264. The number of piperidine rings is 1. The van der Waals surface area contributed by atoms with E-state index in [0.717, 1.165) is 61.6 Å². The minimum Gasteiger partial charge on any atom is -0.341 e. The summed E-state index contributed by atoms with van der Waals surface area (Å²) in [6, 6.07) is 3.98. The molecule has 2 saturated heterocycles. The average Bonchev–Trinajstić information content (AvgIpc) is 3.14. The Labute approximate surface area is 148 Å². The Morgan fingerprint density at radius 2 is 2.04 bits per heavy atom. The molecular formula is C19H25N5O. The normalized spacial score (nSPS) is 21.8. The van der Waals surface area contributed by atoms with Gasteiger partial charge in [0.2, 0.25) is 5.91 Å². The van der Waals surface area contributed by atoms with Crippen molar-refractivity contribution >= 4 is 16.9 Å². The average molecular weight is 339 g/mol. The summed E-state index contributed by atoms with van der Waals surface area (Å²) in [6.07, 6.45) is 6.30. The molecule has 0 aromatic carbocycles. The molecule has 0 aliphatic carbocycles. The van der Waals surface area contributed by atoms with Crippen LogP contribution in [0.15, 0.2) is 18.3 Å². The molecule has 0 unspecified atom stereocenters. The lowest BCUT2D eigenvalue weighted by Crippen LogP contribution is -2.44. The lowest BCUT2D eigenvalue weighted by atomic mass is 9.92. The van der Waals surface area contributed by atoms with Gasteiger partial charge in [-0.15, -0.1) is 0 Å². The van der Waals surface area contributed by atoms with Gasteiger partial charge < -0.3 is 4.90 Å². The van der Waals surface area contributed by atoms with E-state index >= 15 is 0 Å². The highest BCUT2D eigenvalue weighted by Gasteiger charge is 2.28. The van der Waals surface area contributed by atoms with Crippen molar-refractivity contribution in [1.29, 1.82) is 0 Å². The number of carbonyl (C=O) groups excluding carboxylic acids is 1. The highest BCUT2D eigenvalue weighted by Crippen LogP contribution is 2.30. The SMILES string of the molecule is Cc1nc([C@H]2CCCN(C(=O)CN3CCCC3)C2)c2cccnc2n1. The number of aryl methyl sites for hydroxylation is 1. The maximum Gasteiger partial charge on any atom is 0.236 e. The van der Waals surface area contributed by atoms with Gasteiger partial charge in [-0.05, 0) is 57.8 Å². The highest BCUT2D eigenvalue weighted by atomic mass is 16.2. The lowest BCUT2D eigenvalue weighted by Gasteiger charge is -2.34. The first-order valence-corrected chi connectivity index (χ1v) is 9.30. The first-order chi connectivity index (χ1) is 12.2. The van der Waals surface area contributed by atoms with Crippen LogP contribution in [0.4, 0.5) is 0 Å². The quantitative estimate of drug-likeness (QED) is 0.857. The Hall–Kier alpha value is -2.08. The van der Waals surface area contributed by atoms with Crippen LogP contribution in [-0.4, -0.2) is 63.4 Å². The van der Waals surface area contributed by atoms with Crippen molar-refractivity contribution in [3.05, 3.63) is 29.8 Å². The number of hydrogen-bond donors (Lipinski definition) is 0. The largest absolute Gasteiger partial charge is 0.341 e. The predicted molar refractivity (Wildman–Crippen MR) is 96.3 cm³/mol. The van der Waals surface area contributed by atoms with E-state index in [0.29, 0.717) is 6.54 Å². The number of likely N-dealkylation sites (tertiary alicyclic amines) is 2. The third-order valence-corrected chi connectivity index (χ3v) is 5.33. The fourth-order valence-electron chi connectivity index (χ4n) is 4.07. The van der Waals surface area contributed by atoms with Crippen LogP contribution in [0.5, 0.6) is 0 Å². The molecule has 6 heteroatoms. The Morgan fingerprint density at radius 1 is 1.20 bits per heavy atom. The molecule has 25 heavy (non-hydrogen) atoms. The van der Waals surface area contributed by atoms with Gasteiger partial charge in [0, 0.05) is 30.6 Å². The monoisotopic (exact) mass is 339 g/mol. The fourth-order valence-corrected chi connectivity index (χ4v) is 4.07. The van der Waals surface area contributed by atoms with Crippen LogP contribution in [0.1, 0.15) is 43.1 Å². The molecule has 4 heterocycles. The lowest BCUT2D eigenvalue weighted by molar-refractivity contribution is -0.133. The number of amides is 1. The first-order valence-electron chi connectivity index (χ1n) is 9.30. The fraction of sp³-hybridized carbons (Fsp3) is 0.579. The highest BCUT2D eigenvalue weighted by molar-refractivity contribution is 5.79. The summed E-state index contributed by atoms with van der Waals surface area (Å²) >= 11 is 0. The maximum absolute atomic E-state index is 12.7. The van der Waals surface area contributed by atoms with Gasteiger partial charge in [-0.25, -0.2) is 15.0 Å². The van der Waals surface area contributed by atoms with E-state index in [1.807, 2.05) is 24.0 Å². The molecule has 2 aromatic rings. The van der Waals surface area contributed by atoms with Crippen molar-refractivity contribution in [3.8, 4) is 0 Å². The van der Waals surface area contributed by atoms with Gasteiger partial charge in [0.25, 0.3) is 0 Å². The van der Waals surface area contributed by atoms with E-state index in [1.165, 1.54) is 12.8 Å². The van der Waals surface area contributed by atoms with Crippen LogP contribution in [0.2, 0.25) is 0 Å².